The third kappa shape index (κ3) is 4.60. The summed E-state index contributed by atoms with van der Waals surface area (Å²) in [5, 5.41) is 13.1. The molecule has 2 aromatic rings. The van der Waals surface area contributed by atoms with E-state index in [1.807, 2.05) is 0 Å². The number of amides is 1. The topological polar surface area (TPSA) is 113 Å². The van der Waals surface area contributed by atoms with Gasteiger partial charge >= 0.3 is 5.97 Å². The molecule has 0 aliphatic heterocycles. The van der Waals surface area contributed by atoms with Gasteiger partial charge in [-0.3, -0.25) is 14.9 Å². The van der Waals surface area contributed by atoms with Crippen LogP contribution in [0.2, 0.25) is 0 Å². The highest BCUT2D eigenvalue weighted by Crippen LogP contribution is 2.12. The third-order valence-electron chi connectivity index (χ3n) is 2.90. The molecule has 0 radical (unpaired) electrons. The Hall–Kier alpha value is -3.29. The van der Waals surface area contributed by atoms with E-state index in [4.69, 9.17) is 4.74 Å². The molecule has 0 bridgehead atoms. The standard InChI is InChI=1S/C15H13N3O5/c19-14(12-2-1-7-16-10-12)17-8-9-23-15(20)11-3-5-13(6-4-11)18(21)22/h1-7,10H,8-9H2,(H,17,19)/p+1. The number of benzene rings is 1. The van der Waals surface area contributed by atoms with Gasteiger partial charge in [0.1, 0.15) is 12.2 Å². The third-order valence-corrected chi connectivity index (χ3v) is 2.90. The first-order valence-corrected chi connectivity index (χ1v) is 6.74. The fraction of sp³-hybridized carbons (Fsp3) is 0.133. The molecule has 0 atom stereocenters. The second kappa shape index (κ2) is 7.64. The second-order valence-corrected chi connectivity index (χ2v) is 4.49. The SMILES string of the molecule is O=C(NCCOC(=O)c1ccc([N+](=O)[O-])cc1)c1ccc[nH+]c1. The number of aromatic amines is 1. The van der Waals surface area contributed by atoms with E-state index in [0.29, 0.717) is 5.56 Å². The molecule has 1 aromatic heterocycles. The summed E-state index contributed by atoms with van der Waals surface area (Å²) in [5.74, 6) is -0.893. The minimum atomic E-state index is -0.609. The molecule has 0 saturated carbocycles. The van der Waals surface area contributed by atoms with Gasteiger partial charge < -0.3 is 10.1 Å². The Balaban J connectivity index is 1.76. The van der Waals surface area contributed by atoms with E-state index in [1.165, 1.54) is 24.3 Å². The summed E-state index contributed by atoms with van der Waals surface area (Å²) in [4.78, 5) is 36.2. The Morgan fingerprint density at radius 1 is 1.17 bits per heavy atom. The average molecular weight is 316 g/mol. The molecular weight excluding hydrogens is 302 g/mol. The highest BCUT2D eigenvalue weighted by molar-refractivity contribution is 5.93. The normalized spacial score (nSPS) is 9.91. The number of carbonyl (C=O) groups excluding carboxylic acids is 2. The average Bonchev–Trinajstić information content (AvgIpc) is 2.59. The van der Waals surface area contributed by atoms with Crippen LogP contribution < -0.4 is 10.3 Å². The maximum atomic E-state index is 11.7. The summed E-state index contributed by atoms with van der Waals surface area (Å²) in [6, 6.07) is 8.44. The van der Waals surface area contributed by atoms with E-state index >= 15 is 0 Å². The lowest BCUT2D eigenvalue weighted by atomic mass is 10.2. The number of esters is 1. The van der Waals surface area contributed by atoms with Crippen molar-refractivity contribution in [1.29, 1.82) is 0 Å². The maximum Gasteiger partial charge on any atom is 0.338 e. The molecule has 1 heterocycles. The summed E-state index contributed by atoms with van der Waals surface area (Å²) in [6.45, 7) is 0.157. The van der Waals surface area contributed by atoms with Crippen LogP contribution in [0.1, 0.15) is 20.7 Å². The molecule has 23 heavy (non-hydrogen) atoms. The molecule has 8 heteroatoms. The number of pyridine rings is 1. The Morgan fingerprint density at radius 2 is 1.91 bits per heavy atom. The second-order valence-electron chi connectivity index (χ2n) is 4.49. The van der Waals surface area contributed by atoms with Gasteiger partial charge in [0.15, 0.2) is 12.4 Å². The Bertz CT molecular complexity index is 701. The van der Waals surface area contributed by atoms with Crippen molar-refractivity contribution < 1.29 is 24.2 Å². The van der Waals surface area contributed by atoms with Gasteiger partial charge in [-0.1, -0.05) is 0 Å². The fourth-order valence-electron chi connectivity index (χ4n) is 1.75. The molecule has 2 N–H and O–H groups in total. The number of nitrogens with one attached hydrogen (secondary N) is 2. The molecule has 0 spiro atoms. The van der Waals surface area contributed by atoms with E-state index < -0.39 is 10.9 Å². The van der Waals surface area contributed by atoms with Crippen molar-refractivity contribution in [2.24, 2.45) is 0 Å². The Morgan fingerprint density at radius 3 is 2.52 bits per heavy atom. The first-order valence-electron chi connectivity index (χ1n) is 6.74. The smallest absolute Gasteiger partial charge is 0.338 e. The number of nitrogens with zero attached hydrogens (tertiary/aromatic N) is 1. The van der Waals surface area contributed by atoms with Gasteiger partial charge in [-0.15, -0.1) is 0 Å². The van der Waals surface area contributed by atoms with Gasteiger partial charge in [-0.05, 0) is 18.2 Å². The van der Waals surface area contributed by atoms with Gasteiger partial charge in [-0.25, -0.2) is 9.78 Å². The number of non-ortho nitro benzene ring substituents is 1. The van der Waals surface area contributed by atoms with Gasteiger partial charge in [0.25, 0.3) is 11.6 Å². The quantitative estimate of drug-likeness (QED) is 0.369. The van der Waals surface area contributed by atoms with Crippen molar-refractivity contribution >= 4 is 17.6 Å². The molecule has 0 aliphatic rings. The summed E-state index contributed by atoms with van der Waals surface area (Å²) in [7, 11) is 0. The Labute approximate surface area is 131 Å². The van der Waals surface area contributed by atoms with Crippen molar-refractivity contribution in [3.8, 4) is 0 Å². The Kier molecular flexibility index (Phi) is 5.35. The lowest BCUT2D eigenvalue weighted by Gasteiger charge is -2.06. The van der Waals surface area contributed by atoms with Crippen LogP contribution in [0.25, 0.3) is 0 Å². The summed E-state index contributed by atoms with van der Waals surface area (Å²) >= 11 is 0. The number of H-pyrrole nitrogens is 1. The highest BCUT2D eigenvalue weighted by Gasteiger charge is 2.11. The predicted molar refractivity (Wildman–Crippen MR) is 78.7 cm³/mol. The maximum absolute atomic E-state index is 11.7. The van der Waals surface area contributed by atoms with Gasteiger partial charge in [0.2, 0.25) is 0 Å². The van der Waals surface area contributed by atoms with E-state index in [-0.39, 0.29) is 30.3 Å². The lowest BCUT2D eigenvalue weighted by Crippen LogP contribution is -2.28. The molecule has 1 amide bonds. The number of hydrogen-bond donors (Lipinski definition) is 1. The van der Waals surface area contributed by atoms with Crippen LogP contribution in [0, 0.1) is 10.1 Å². The first-order chi connectivity index (χ1) is 11.1. The first kappa shape index (κ1) is 16.1. The van der Waals surface area contributed by atoms with Gasteiger partial charge in [-0.2, -0.15) is 0 Å². The molecular formula is C15H14N3O5+. The number of nitro groups is 1. The van der Waals surface area contributed by atoms with E-state index in [1.54, 1.807) is 24.5 Å². The molecule has 0 aliphatic carbocycles. The minimum absolute atomic E-state index is 0.00188. The highest BCUT2D eigenvalue weighted by atomic mass is 16.6. The van der Waals surface area contributed by atoms with Gasteiger partial charge in [0, 0.05) is 18.2 Å². The van der Waals surface area contributed by atoms with E-state index in [0.717, 1.165) is 0 Å². The molecule has 0 unspecified atom stereocenters. The van der Waals surface area contributed by atoms with Crippen LogP contribution in [0.3, 0.4) is 0 Å². The zero-order chi connectivity index (χ0) is 16.7. The van der Waals surface area contributed by atoms with Crippen LogP contribution in [-0.4, -0.2) is 30.0 Å². The molecule has 2 rings (SSSR count). The van der Waals surface area contributed by atoms with Crippen molar-refractivity contribution in [3.63, 3.8) is 0 Å². The number of hydrogen-bond acceptors (Lipinski definition) is 5. The number of aromatic nitrogens is 1. The van der Waals surface area contributed by atoms with Crippen LogP contribution in [0.4, 0.5) is 5.69 Å². The van der Waals surface area contributed by atoms with Crippen molar-refractivity contribution in [2.45, 2.75) is 0 Å². The number of nitro benzene ring substituents is 1. The fourth-order valence-corrected chi connectivity index (χ4v) is 1.75. The van der Waals surface area contributed by atoms with E-state index in [2.05, 4.69) is 10.3 Å². The summed E-state index contributed by atoms with van der Waals surface area (Å²) in [5.41, 5.74) is 0.572. The monoisotopic (exact) mass is 316 g/mol. The van der Waals surface area contributed by atoms with Crippen molar-refractivity contribution in [1.82, 2.24) is 5.32 Å². The zero-order valence-electron chi connectivity index (χ0n) is 12.0. The van der Waals surface area contributed by atoms with E-state index in [9.17, 15) is 19.7 Å². The summed E-state index contributed by atoms with van der Waals surface area (Å²) < 4.78 is 4.98. The van der Waals surface area contributed by atoms with Gasteiger partial charge in [0.05, 0.1) is 17.0 Å². The van der Waals surface area contributed by atoms with Crippen molar-refractivity contribution in [3.05, 3.63) is 70.0 Å². The number of carbonyl (C=O) groups is 2. The predicted octanol–water partition coefficient (Wildman–Crippen LogP) is 0.996. The van der Waals surface area contributed by atoms with Crippen LogP contribution >= 0.6 is 0 Å². The van der Waals surface area contributed by atoms with Crippen LogP contribution in [-0.2, 0) is 4.74 Å². The van der Waals surface area contributed by atoms with Crippen LogP contribution in [0.5, 0.6) is 0 Å². The van der Waals surface area contributed by atoms with Crippen LogP contribution in [0.15, 0.2) is 48.8 Å². The summed E-state index contributed by atoms with van der Waals surface area (Å²) in [6.07, 6.45) is 3.24. The zero-order valence-corrected chi connectivity index (χ0v) is 12.0. The number of rotatable bonds is 6. The van der Waals surface area contributed by atoms with Crippen molar-refractivity contribution in [2.75, 3.05) is 13.2 Å². The molecule has 1 aromatic carbocycles. The molecule has 118 valence electrons. The molecule has 0 saturated heterocycles. The number of ether oxygens (including phenoxy) is 1. The lowest BCUT2D eigenvalue weighted by molar-refractivity contribution is -0.384. The minimum Gasteiger partial charge on any atom is -0.460 e. The molecule has 8 nitrogen and oxygen atoms in total. The largest absolute Gasteiger partial charge is 0.460 e. The molecule has 0 fully saturated rings.